The molecular weight excluding hydrogens is 360 g/mol. The molecule has 2 aromatic rings. The third kappa shape index (κ3) is 3.94. The van der Waals surface area contributed by atoms with Crippen molar-refractivity contribution in [3.63, 3.8) is 0 Å². The van der Waals surface area contributed by atoms with Gasteiger partial charge in [0.1, 0.15) is 22.5 Å². The van der Waals surface area contributed by atoms with Crippen LogP contribution in [-0.2, 0) is 22.3 Å². The molecule has 144 valence electrons. The zero-order valence-electron chi connectivity index (χ0n) is 15.7. The van der Waals surface area contributed by atoms with Gasteiger partial charge in [0.2, 0.25) is 0 Å². The molecule has 4 rings (SSSR count). The molecule has 2 aromatic carbocycles. The van der Waals surface area contributed by atoms with Gasteiger partial charge in [-0.15, -0.1) is 0 Å². The Bertz CT molecular complexity index is 774. The van der Waals surface area contributed by atoms with E-state index in [2.05, 4.69) is 33.5 Å². The fourth-order valence-corrected chi connectivity index (χ4v) is 5.34. The Morgan fingerprint density at radius 3 is 2.41 bits per heavy atom. The van der Waals surface area contributed by atoms with Gasteiger partial charge in [-0.25, -0.2) is 4.21 Å². The topological polar surface area (TPSA) is 42.0 Å². The molecule has 1 atom stereocenters. The molecule has 2 fully saturated rings. The Morgan fingerprint density at radius 2 is 1.74 bits per heavy atom. The molecule has 2 heterocycles. The molecule has 2 saturated heterocycles. The van der Waals surface area contributed by atoms with Gasteiger partial charge in [0.15, 0.2) is 0 Å². The van der Waals surface area contributed by atoms with Gasteiger partial charge in [0.25, 0.3) is 0 Å². The summed E-state index contributed by atoms with van der Waals surface area (Å²) in [6.45, 7) is 4.20. The Hall–Kier alpha value is -1.73. The van der Waals surface area contributed by atoms with Gasteiger partial charge in [0, 0.05) is 39.0 Å². The van der Waals surface area contributed by atoms with E-state index in [0.29, 0.717) is 13.2 Å². The van der Waals surface area contributed by atoms with Gasteiger partial charge in [-0.1, -0.05) is 30.3 Å². The van der Waals surface area contributed by atoms with Gasteiger partial charge in [-0.05, 0) is 29.8 Å². The van der Waals surface area contributed by atoms with Crippen LogP contribution in [0.5, 0.6) is 5.75 Å². The summed E-state index contributed by atoms with van der Waals surface area (Å²) in [5.74, 6) is 0.775. The van der Waals surface area contributed by atoms with E-state index in [9.17, 15) is 4.21 Å². The Labute approximate surface area is 163 Å². The highest BCUT2D eigenvalue weighted by molar-refractivity contribution is 7.82. The maximum absolute atomic E-state index is 13.2. The van der Waals surface area contributed by atoms with Crippen LogP contribution in [0.2, 0.25) is 0 Å². The maximum Gasteiger partial charge on any atom is 0.135 e. The van der Waals surface area contributed by atoms with Crippen LogP contribution >= 0.6 is 0 Å². The lowest BCUT2D eigenvalue weighted by molar-refractivity contribution is -0.0903. The molecular formula is C21H26N2O3S. The summed E-state index contributed by atoms with van der Waals surface area (Å²) in [4.78, 5) is 3.25. The molecule has 0 aliphatic carbocycles. The molecule has 0 N–H and O–H groups in total. The number of rotatable bonds is 5. The van der Waals surface area contributed by atoms with Crippen LogP contribution in [0.3, 0.4) is 0 Å². The van der Waals surface area contributed by atoms with E-state index in [-0.39, 0.29) is 0 Å². The molecule has 0 radical (unpaired) electrons. The minimum Gasteiger partial charge on any atom is -0.497 e. The second-order valence-corrected chi connectivity index (χ2v) is 8.49. The van der Waals surface area contributed by atoms with Crippen LogP contribution < -0.4 is 4.74 Å². The highest BCUT2D eigenvalue weighted by atomic mass is 32.2. The molecule has 0 aromatic heterocycles. The van der Waals surface area contributed by atoms with Crippen molar-refractivity contribution in [2.45, 2.75) is 30.0 Å². The van der Waals surface area contributed by atoms with Gasteiger partial charge in [-0.2, -0.15) is 4.31 Å². The van der Waals surface area contributed by atoms with Gasteiger partial charge >= 0.3 is 0 Å². The first-order valence-corrected chi connectivity index (χ1v) is 10.5. The predicted molar refractivity (Wildman–Crippen MR) is 106 cm³/mol. The highest BCUT2D eigenvalue weighted by Crippen LogP contribution is 2.37. The smallest absolute Gasteiger partial charge is 0.135 e. The molecule has 1 unspecified atom stereocenters. The fraction of sp³-hybridized carbons (Fsp3) is 0.429. The van der Waals surface area contributed by atoms with Crippen molar-refractivity contribution in [1.82, 2.24) is 9.21 Å². The summed E-state index contributed by atoms with van der Waals surface area (Å²) >= 11 is 0. The van der Waals surface area contributed by atoms with Crippen molar-refractivity contribution in [3.05, 3.63) is 60.2 Å². The lowest BCUT2D eigenvalue weighted by atomic mass is 10.00. The third-order valence-electron chi connectivity index (χ3n) is 5.47. The summed E-state index contributed by atoms with van der Waals surface area (Å²) in [5, 5.41) is 0. The normalized spacial score (nSPS) is 21.4. The minimum absolute atomic E-state index is 0.405. The standard InChI is InChI=1S/C21H26N2O3S/c1-25-19-7-9-20(10-8-19)27(24)23-15-16-26-21(23)11-13-22(14-12-21)17-18-5-3-2-4-6-18/h2-10H,11-17H2,1H3. The van der Waals surface area contributed by atoms with E-state index in [0.717, 1.165) is 43.1 Å². The van der Waals surface area contributed by atoms with E-state index in [4.69, 9.17) is 9.47 Å². The SMILES string of the molecule is COc1ccc(S(=O)N2CCOC23CCN(Cc2ccccc2)CC3)cc1. The number of hydrogen-bond acceptors (Lipinski definition) is 4. The van der Waals surface area contributed by atoms with Crippen molar-refractivity contribution in [3.8, 4) is 5.75 Å². The van der Waals surface area contributed by atoms with Crippen molar-refractivity contribution in [2.24, 2.45) is 0 Å². The fourth-order valence-electron chi connectivity index (χ4n) is 3.94. The summed E-state index contributed by atoms with van der Waals surface area (Å²) in [6, 6.07) is 18.0. The molecule has 0 saturated carbocycles. The number of hydrogen-bond donors (Lipinski definition) is 0. The molecule has 0 amide bonds. The van der Waals surface area contributed by atoms with Crippen molar-refractivity contribution in [1.29, 1.82) is 0 Å². The zero-order chi connectivity index (χ0) is 18.7. The lowest BCUT2D eigenvalue weighted by Crippen LogP contribution is -2.53. The van der Waals surface area contributed by atoms with Crippen molar-refractivity contribution >= 4 is 11.0 Å². The number of likely N-dealkylation sites (tertiary alicyclic amines) is 1. The van der Waals surface area contributed by atoms with Crippen molar-refractivity contribution < 1.29 is 13.7 Å². The first-order chi connectivity index (χ1) is 13.2. The van der Waals surface area contributed by atoms with E-state index in [1.54, 1.807) is 7.11 Å². The molecule has 1 spiro atoms. The summed E-state index contributed by atoms with van der Waals surface area (Å²) < 4.78 is 26.6. The number of nitrogens with zero attached hydrogens (tertiary/aromatic N) is 2. The molecule has 0 bridgehead atoms. The Balaban J connectivity index is 1.42. The van der Waals surface area contributed by atoms with Crippen LogP contribution in [0.15, 0.2) is 59.5 Å². The quantitative estimate of drug-likeness (QED) is 0.792. The molecule has 5 nitrogen and oxygen atoms in total. The molecule has 2 aliphatic heterocycles. The highest BCUT2D eigenvalue weighted by Gasteiger charge is 2.47. The second kappa shape index (κ2) is 8.10. The van der Waals surface area contributed by atoms with E-state index < -0.39 is 16.7 Å². The van der Waals surface area contributed by atoms with Crippen LogP contribution in [0, 0.1) is 0 Å². The summed E-state index contributed by atoms with van der Waals surface area (Å²) in [7, 11) is 0.417. The zero-order valence-corrected chi connectivity index (χ0v) is 16.5. The Kier molecular flexibility index (Phi) is 5.59. The van der Waals surface area contributed by atoms with Crippen LogP contribution in [-0.4, -0.2) is 52.5 Å². The third-order valence-corrected chi connectivity index (χ3v) is 7.06. The first kappa shape index (κ1) is 18.6. The molecule has 6 heteroatoms. The van der Waals surface area contributed by atoms with Crippen LogP contribution in [0.4, 0.5) is 0 Å². The van der Waals surface area contributed by atoms with Crippen LogP contribution in [0.25, 0.3) is 0 Å². The van der Waals surface area contributed by atoms with E-state index in [1.807, 2.05) is 30.3 Å². The Morgan fingerprint density at radius 1 is 1.04 bits per heavy atom. The second-order valence-electron chi connectivity index (χ2n) is 7.08. The predicted octanol–water partition coefficient (Wildman–Crippen LogP) is 3.04. The van der Waals surface area contributed by atoms with Crippen molar-refractivity contribution in [2.75, 3.05) is 33.4 Å². The average Bonchev–Trinajstić information content (AvgIpc) is 3.13. The lowest BCUT2D eigenvalue weighted by Gasteiger charge is -2.42. The number of piperidine rings is 1. The molecule has 27 heavy (non-hydrogen) atoms. The van der Waals surface area contributed by atoms with Gasteiger partial charge in [-0.3, -0.25) is 4.90 Å². The monoisotopic (exact) mass is 386 g/mol. The van der Waals surface area contributed by atoms with Crippen LogP contribution in [0.1, 0.15) is 18.4 Å². The number of methoxy groups -OCH3 is 1. The number of ether oxygens (including phenoxy) is 2. The number of benzene rings is 2. The van der Waals surface area contributed by atoms with Gasteiger partial charge in [0.05, 0.1) is 18.6 Å². The molecule has 2 aliphatic rings. The summed E-state index contributed by atoms with van der Waals surface area (Å²) in [5.41, 5.74) is 0.928. The van der Waals surface area contributed by atoms with E-state index in [1.165, 1.54) is 5.56 Å². The first-order valence-electron chi connectivity index (χ1n) is 9.44. The van der Waals surface area contributed by atoms with Gasteiger partial charge < -0.3 is 9.47 Å². The van der Waals surface area contributed by atoms with E-state index >= 15 is 0 Å². The largest absolute Gasteiger partial charge is 0.497 e. The maximum atomic E-state index is 13.2. The minimum atomic E-state index is -1.22. The average molecular weight is 387 g/mol. The summed E-state index contributed by atoms with van der Waals surface area (Å²) in [6.07, 6.45) is 1.75.